The molecule has 20 heavy (non-hydrogen) atoms. The molecule has 0 aromatic heterocycles. The molecule has 6 nitrogen and oxygen atoms in total. The molecule has 2 saturated heterocycles. The molecular weight excluding hydrogens is 278 g/mol. The van der Waals surface area contributed by atoms with Crippen LogP contribution in [0, 0.1) is 0 Å². The van der Waals surface area contributed by atoms with Gasteiger partial charge in [-0.05, 0) is 25.9 Å². The Labute approximate surface area is 122 Å². The average molecular weight is 305 g/mol. The summed E-state index contributed by atoms with van der Waals surface area (Å²) in [6.45, 7) is 8.04. The number of piperazine rings is 1. The highest BCUT2D eigenvalue weighted by atomic mass is 32.2. The minimum Gasteiger partial charge on any atom is -0.387 e. The lowest BCUT2D eigenvalue weighted by atomic mass is 9.92. The van der Waals surface area contributed by atoms with Crippen molar-refractivity contribution in [1.82, 2.24) is 14.1 Å². The number of hydrogen-bond donors (Lipinski definition) is 1. The van der Waals surface area contributed by atoms with E-state index in [1.807, 2.05) is 0 Å². The van der Waals surface area contributed by atoms with Crippen molar-refractivity contribution in [2.24, 2.45) is 0 Å². The topological polar surface area (TPSA) is 64.1 Å². The molecule has 1 atom stereocenters. The molecule has 0 aromatic carbocycles. The maximum Gasteiger partial charge on any atom is 0.211 e. The molecule has 7 heteroatoms. The molecule has 0 radical (unpaired) electrons. The fraction of sp³-hybridized carbons (Fsp3) is 1.00. The maximum absolute atomic E-state index is 11.5. The standard InChI is InChI=1S/C13H27N3O3S/c1-3-14-6-4-5-13(17,11-14)12-15-7-9-16(10-8-15)20(2,18)19/h17H,3-12H2,1-2H3. The summed E-state index contributed by atoms with van der Waals surface area (Å²) in [5.74, 6) is 0. The van der Waals surface area contributed by atoms with Crippen LogP contribution in [0.5, 0.6) is 0 Å². The number of aliphatic hydroxyl groups is 1. The number of hydrogen-bond acceptors (Lipinski definition) is 5. The minimum absolute atomic E-state index is 0.534. The molecule has 118 valence electrons. The van der Waals surface area contributed by atoms with Gasteiger partial charge in [0.05, 0.1) is 11.9 Å². The number of rotatable bonds is 4. The van der Waals surface area contributed by atoms with Crippen molar-refractivity contribution in [2.45, 2.75) is 25.4 Å². The van der Waals surface area contributed by atoms with Crippen LogP contribution in [0.15, 0.2) is 0 Å². The van der Waals surface area contributed by atoms with Gasteiger partial charge in [0, 0.05) is 39.3 Å². The van der Waals surface area contributed by atoms with Crippen molar-refractivity contribution in [2.75, 3.05) is 58.6 Å². The van der Waals surface area contributed by atoms with Crippen LogP contribution in [0.4, 0.5) is 0 Å². The molecule has 2 heterocycles. The lowest BCUT2D eigenvalue weighted by Gasteiger charge is -2.43. The Kier molecular flexibility index (Phi) is 5.07. The molecule has 2 aliphatic rings. The first-order valence-electron chi connectivity index (χ1n) is 7.45. The fourth-order valence-corrected chi connectivity index (χ4v) is 4.07. The van der Waals surface area contributed by atoms with Crippen LogP contribution in [0.1, 0.15) is 19.8 Å². The van der Waals surface area contributed by atoms with Gasteiger partial charge in [-0.3, -0.25) is 4.90 Å². The van der Waals surface area contributed by atoms with Crippen molar-refractivity contribution in [3.63, 3.8) is 0 Å². The number of likely N-dealkylation sites (tertiary alicyclic amines) is 1. The van der Waals surface area contributed by atoms with Crippen molar-refractivity contribution in [1.29, 1.82) is 0 Å². The molecule has 0 spiro atoms. The van der Waals surface area contributed by atoms with E-state index in [0.717, 1.165) is 32.5 Å². The van der Waals surface area contributed by atoms with Gasteiger partial charge in [0.15, 0.2) is 0 Å². The predicted molar refractivity (Wildman–Crippen MR) is 79.2 cm³/mol. The van der Waals surface area contributed by atoms with E-state index in [4.69, 9.17) is 0 Å². The Morgan fingerprint density at radius 3 is 2.30 bits per heavy atom. The molecule has 1 unspecified atom stereocenters. The van der Waals surface area contributed by atoms with Crippen LogP contribution in [-0.4, -0.2) is 91.8 Å². The smallest absolute Gasteiger partial charge is 0.211 e. The summed E-state index contributed by atoms with van der Waals surface area (Å²) in [4.78, 5) is 4.48. The summed E-state index contributed by atoms with van der Waals surface area (Å²) >= 11 is 0. The van der Waals surface area contributed by atoms with Crippen LogP contribution in [0.2, 0.25) is 0 Å². The van der Waals surface area contributed by atoms with E-state index in [9.17, 15) is 13.5 Å². The highest BCUT2D eigenvalue weighted by molar-refractivity contribution is 7.88. The van der Waals surface area contributed by atoms with Crippen LogP contribution in [0.3, 0.4) is 0 Å². The number of likely N-dealkylation sites (N-methyl/N-ethyl adjacent to an activating group) is 1. The first-order valence-corrected chi connectivity index (χ1v) is 9.29. The quantitative estimate of drug-likeness (QED) is 0.752. The molecular formula is C13H27N3O3S. The molecule has 1 N–H and O–H groups in total. The average Bonchev–Trinajstić information content (AvgIpc) is 2.37. The Morgan fingerprint density at radius 2 is 1.75 bits per heavy atom. The summed E-state index contributed by atoms with van der Waals surface area (Å²) < 4.78 is 24.5. The highest BCUT2D eigenvalue weighted by Gasteiger charge is 2.35. The zero-order chi connectivity index (χ0) is 14.8. The van der Waals surface area contributed by atoms with Crippen molar-refractivity contribution < 1.29 is 13.5 Å². The Morgan fingerprint density at radius 1 is 1.10 bits per heavy atom. The summed E-state index contributed by atoms with van der Waals surface area (Å²) in [6, 6.07) is 0. The molecule has 0 amide bonds. The van der Waals surface area contributed by atoms with E-state index in [2.05, 4.69) is 16.7 Å². The first-order chi connectivity index (χ1) is 9.32. The van der Waals surface area contributed by atoms with Gasteiger partial charge >= 0.3 is 0 Å². The van der Waals surface area contributed by atoms with Gasteiger partial charge in [-0.25, -0.2) is 8.42 Å². The summed E-state index contributed by atoms with van der Waals surface area (Å²) in [5, 5.41) is 10.7. The Hall–Kier alpha value is -0.210. The van der Waals surface area contributed by atoms with Gasteiger partial charge in [-0.15, -0.1) is 0 Å². The molecule has 0 bridgehead atoms. The molecule has 2 fully saturated rings. The predicted octanol–water partition coefficient (Wildman–Crippen LogP) is -0.590. The highest BCUT2D eigenvalue weighted by Crippen LogP contribution is 2.23. The summed E-state index contributed by atoms with van der Waals surface area (Å²) in [7, 11) is -3.07. The number of piperidine rings is 1. The minimum atomic E-state index is -3.07. The monoisotopic (exact) mass is 305 g/mol. The van der Waals surface area contributed by atoms with Crippen LogP contribution in [-0.2, 0) is 10.0 Å². The van der Waals surface area contributed by atoms with E-state index >= 15 is 0 Å². The number of nitrogens with zero attached hydrogens (tertiary/aromatic N) is 3. The van der Waals surface area contributed by atoms with E-state index in [1.165, 1.54) is 10.6 Å². The van der Waals surface area contributed by atoms with E-state index in [1.54, 1.807) is 0 Å². The van der Waals surface area contributed by atoms with Gasteiger partial charge in [0.25, 0.3) is 0 Å². The van der Waals surface area contributed by atoms with Gasteiger partial charge in [-0.1, -0.05) is 6.92 Å². The molecule has 0 aromatic rings. The molecule has 2 rings (SSSR count). The third kappa shape index (κ3) is 4.14. The van der Waals surface area contributed by atoms with E-state index in [-0.39, 0.29) is 0 Å². The maximum atomic E-state index is 11.5. The first kappa shape index (κ1) is 16.2. The second-order valence-electron chi connectivity index (χ2n) is 6.13. The van der Waals surface area contributed by atoms with Crippen molar-refractivity contribution in [3.05, 3.63) is 0 Å². The number of sulfonamides is 1. The second kappa shape index (κ2) is 6.27. The van der Waals surface area contributed by atoms with Crippen molar-refractivity contribution >= 4 is 10.0 Å². The zero-order valence-corrected chi connectivity index (χ0v) is 13.4. The number of β-amino-alcohol motifs (C(OH)–C–C–N with tert-alkyl or cyclic N) is 1. The van der Waals surface area contributed by atoms with E-state index < -0.39 is 15.6 Å². The lowest BCUT2D eigenvalue weighted by Crippen LogP contribution is -2.57. The SMILES string of the molecule is CCN1CCCC(O)(CN2CCN(S(C)(=O)=O)CC2)C1. The van der Waals surface area contributed by atoms with E-state index in [0.29, 0.717) is 32.7 Å². The molecule has 0 aliphatic carbocycles. The van der Waals surface area contributed by atoms with Gasteiger partial charge in [-0.2, -0.15) is 4.31 Å². The Balaban J connectivity index is 1.86. The van der Waals surface area contributed by atoms with Gasteiger partial charge in [0.1, 0.15) is 0 Å². The third-order valence-corrected chi connectivity index (χ3v) is 5.70. The van der Waals surface area contributed by atoms with Crippen LogP contribution < -0.4 is 0 Å². The van der Waals surface area contributed by atoms with Gasteiger partial charge < -0.3 is 10.0 Å². The van der Waals surface area contributed by atoms with Gasteiger partial charge in [0.2, 0.25) is 10.0 Å². The second-order valence-corrected chi connectivity index (χ2v) is 8.12. The summed E-state index contributed by atoms with van der Waals surface area (Å²) in [6.07, 6.45) is 3.14. The fourth-order valence-electron chi connectivity index (χ4n) is 3.24. The van der Waals surface area contributed by atoms with Crippen molar-refractivity contribution in [3.8, 4) is 0 Å². The van der Waals surface area contributed by atoms with Crippen LogP contribution in [0.25, 0.3) is 0 Å². The molecule has 0 saturated carbocycles. The molecule has 2 aliphatic heterocycles. The lowest BCUT2D eigenvalue weighted by molar-refractivity contribution is -0.0558. The largest absolute Gasteiger partial charge is 0.387 e. The third-order valence-electron chi connectivity index (χ3n) is 4.40. The van der Waals surface area contributed by atoms with Crippen LogP contribution >= 0.6 is 0 Å². The normalized spacial score (nSPS) is 31.6. The zero-order valence-electron chi connectivity index (χ0n) is 12.6. The Bertz CT molecular complexity index is 421. The summed E-state index contributed by atoms with van der Waals surface area (Å²) in [5.41, 5.74) is -0.637.